The first-order valence-electron chi connectivity index (χ1n) is 10.0. The standard InChI is InChI=1S/C23H24N2O4S/c26-23(21-7-3-19(4-8-21)16-30(27)28)25-12-9-18(10-13-25)15-17-1-5-20(6-2-17)22-24-11-14-29-22/h1-8,15H,9-14,16H2,(H,27,28). The van der Waals surface area contributed by atoms with Crippen LogP contribution in [0.2, 0.25) is 0 Å². The highest BCUT2D eigenvalue weighted by Gasteiger charge is 2.20. The Hall–Kier alpha value is -2.77. The number of amides is 1. The Morgan fingerprint density at radius 1 is 1.10 bits per heavy atom. The molecule has 0 radical (unpaired) electrons. The third-order valence-electron chi connectivity index (χ3n) is 5.30. The van der Waals surface area contributed by atoms with E-state index >= 15 is 0 Å². The minimum Gasteiger partial charge on any atom is -0.476 e. The lowest BCUT2D eigenvalue weighted by Crippen LogP contribution is -2.36. The van der Waals surface area contributed by atoms with E-state index in [4.69, 9.17) is 9.29 Å². The Kier molecular flexibility index (Phi) is 6.40. The minimum absolute atomic E-state index is 0.00686. The maximum Gasteiger partial charge on any atom is 0.253 e. The molecule has 2 aliphatic rings. The van der Waals surface area contributed by atoms with Crippen molar-refractivity contribution in [2.24, 2.45) is 4.99 Å². The van der Waals surface area contributed by atoms with E-state index in [1.54, 1.807) is 24.3 Å². The molecule has 1 atom stereocenters. The van der Waals surface area contributed by atoms with E-state index < -0.39 is 11.1 Å². The lowest BCUT2D eigenvalue weighted by molar-refractivity contribution is 0.0744. The van der Waals surface area contributed by atoms with Gasteiger partial charge in [0.1, 0.15) is 6.61 Å². The van der Waals surface area contributed by atoms with Gasteiger partial charge in [0.05, 0.1) is 12.3 Å². The number of carbonyl (C=O) groups excluding carboxylic acids is 1. The molecule has 1 amide bonds. The van der Waals surface area contributed by atoms with Gasteiger partial charge in [-0.25, -0.2) is 9.20 Å². The van der Waals surface area contributed by atoms with Gasteiger partial charge in [0.2, 0.25) is 5.90 Å². The van der Waals surface area contributed by atoms with Crippen molar-refractivity contribution in [3.05, 3.63) is 76.4 Å². The smallest absolute Gasteiger partial charge is 0.253 e. The van der Waals surface area contributed by atoms with Crippen molar-refractivity contribution in [1.82, 2.24) is 4.90 Å². The maximum absolute atomic E-state index is 12.7. The summed E-state index contributed by atoms with van der Waals surface area (Å²) in [6.07, 6.45) is 3.91. The van der Waals surface area contributed by atoms with Crippen LogP contribution in [0.1, 0.15) is 39.9 Å². The summed E-state index contributed by atoms with van der Waals surface area (Å²) in [6.45, 7) is 2.76. The number of aliphatic imine (C=N–C) groups is 1. The zero-order chi connectivity index (χ0) is 20.9. The first kappa shape index (κ1) is 20.5. The molecule has 4 rings (SSSR count). The molecule has 0 aliphatic carbocycles. The molecule has 1 N–H and O–H groups in total. The monoisotopic (exact) mass is 424 g/mol. The van der Waals surface area contributed by atoms with E-state index in [-0.39, 0.29) is 11.7 Å². The van der Waals surface area contributed by atoms with Gasteiger partial charge < -0.3 is 14.2 Å². The zero-order valence-corrected chi connectivity index (χ0v) is 17.4. The van der Waals surface area contributed by atoms with E-state index in [0.717, 1.165) is 42.0 Å². The Labute approximate surface area is 178 Å². The second kappa shape index (κ2) is 9.36. The van der Waals surface area contributed by atoms with Crippen LogP contribution in [0.25, 0.3) is 6.08 Å². The highest BCUT2D eigenvalue weighted by Crippen LogP contribution is 2.22. The molecule has 1 saturated heterocycles. The van der Waals surface area contributed by atoms with Crippen molar-refractivity contribution < 1.29 is 18.3 Å². The fourth-order valence-electron chi connectivity index (χ4n) is 3.68. The van der Waals surface area contributed by atoms with Gasteiger partial charge in [0.25, 0.3) is 5.91 Å². The number of likely N-dealkylation sites (tertiary alicyclic amines) is 1. The fraction of sp³-hybridized carbons (Fsp3) is 0.304. The second-order valence-corrected chi connectivity index (χ2v) is 8.35. The van der Waals surface area contributed by atoms with Crippen LogP contribution in [0.3, 0.4) is 0 Å². The molecule has 0 saturated carbocycles. The van der Waals surface area contributed by atoms with Gasteiger partial charge in [0.15, 0.2) is 11.1 Å². The Morgan fingerprint density at radius 3 is 2.40 bits per heavy atom. The summed E-state index contributed by atoms with van der Waals surface area (Å²) in [5.41, 5.74) is 4.84. The Morgan fingerprint density at radius 2 is 1.80 bits per heavy atom. The number of benzene rings is 2. The SMILES string of the molecule is O=C(c1ccc(CS(=O)O)cc1)N1CCC(=Cc2ccc(C3=NCCO3)cc2)CC1. The van der Waals surface area contributed by atoms with Gasteiger partial charge in [-0.05, 0) is 48.2 Å². The second-order valence-electron chi connectivity index (χ2n) is 7.41. The predicted molar refractivity (Wildman–Crippen MR) is 118 cm³/mol. The van der Waals surface area contributed by atoms with Crippen LogP contribution in [0, 0.1) is 0 Å². The summed E-state index contributed by atoms with van der Waals surface area (Å²) < 4.78 is 25.4. The molecule has 30 heavy (non-hydrogen) atoms. The van der Waals surface area contributed by atoms with Crippen molar-refractivity contribution in [1.29, 1.82) is 0 Å². The molecule has 0 aromatic heterocycles. The van der Waals surface area contributed by atoms with Crippen molar-refractivity contribution in [3.63, 3.8) is 0 Å². The number of nitrogens with zero attached hydrogens (tertiary/aromatic N) is 2. The van der Waals surface area contributed by atoms with Crippen molar-refractivity contribution in [2.45, 2.75) is 18.6 Å². The highest BCUT2D eigenvalue weighted by atomic mass is 32.2. The predicted octanol–water partition coefficient (Wildman–Crippen LogP) is 3.50. The van der Waals surface area contributed by atoms with Gasteiger partial charge in [-0.3, -0.25) is 4.79 Å². The minimum atomic E-state index is -1.88. The lowest BCUT2D eigenvalue weighted by Gasteiger charge is -2.28. The molecule has 7 heteroatoms. The average Bonchev–Trinajstić information content (AvgIpc) is 3.29. The van der Waals surface area contributed by atoms with Gasteiger partial charge in [-0.2, -0.15) is 0 Å². The lowest BCUT2D eigenvalue weighted by atomic mass is 9.99. The molecular weight excluding hydrogens is 400 g/mol. The number of hydrogen-bond acceptors (Lipinski definition) is 4. The number of carbonyl (C=O) groups is 1. The topological polar surface area (TPSA) is 79.2 Å². The summed E-state index contributed by atoms with van der Waals surface area (Å²) >= 11 is -1.88. The molecule has 2 aromatic carbocycles. The number of ether oxygens (including phenoxy) is 1. The van der Waals surface area contributed by atoms with Crippen molar-refractivity contribution in [2.75, 3.05) is 26.2 Å². The average molecular weight is 425 g/mol. The van der Waals surface area contributed by atoms with E-state index in [0.29, 0.717) is 25.3 Å². The molecule has 6 nitrogen and oxygen atoms in total. The van der Waals surface area contributed by atoms with Crippen LogP contribution in [0.4, 0.5) is 0 Å². The molecule has 0 spiro atoms. The Bertz CT molecular complexity index is 987. The summed E-state index contributed by atoms with van der Waals surface area (Å²) in [7, 11) is 0. The molecule has 2 aliphatic heterocycles. The van der Waals surface area contributed by atoms with Crippen LogP contribution >= 0.6 is 0 Å². The van der Waals surface area contributed by atoms with Gasteiger partial charge >= 0.3 is 0 Å². The van der Waals surface area contributed by atoms with Crippen LogP contribution in [-0.2, 0) is 21.6 Å². The first-order valence-corrected chi connectivity index (χ1v) is 11.3. The Balaban J connectivity index is 1.34. The van der Waals surface area contributed by atoms with E-state index in [2.05, 4.69) is 23.2 Å². The van der Waals surface area contributed by atoms with Crippen LogP contribution < -0.4 is 0 Å². The number of piperidine rings is 1. The van der Waals surface area contributed by atoms with E-state index in [1.165, 1.54) is 5.57 Å². The molecule has 156 valence electrons. The van der Waals surface area contributed by atoms with Gasteiger partial charge in [-0.15, -0.1) is 0 Å². The summed E-state index contributed by atoms with van der Waals surface area (Å²) in [4.78, 5) is 18.9. The normalized spacial score (nSPS) is 17.3. The molecular formula is C23H24N2O4S. The van der Waals surface area contributed by atoms with Gasteiger partial charge in [0, 0.05) is 24.2 Å². The third-order valence-corrected chi connectivity index (χ3v) is 5.88. The molecule has 1 unspecified atom stereocenters. The van der Waals surface area contributed by atoms with Gasteiger partial charge in [-0.1, -0.05) is 35.9 Å². The largest absolute Gasteiger partial charge is 0.476 e. The molecule has 0 bridgehead atoms. The molecule has 2 heterocycles. The van der Waals surface area contributed by atoms with E-state index in [1.807, 2.05) is 17.0 Å². The fourth-order valence-corrected chi connectivity index (χ4v) is 4.16. The maximum atomic E-state index is 12.7. The molecule has 1 fully saturated rings. The highest BCUT2D eigenvalue weighted by molar-refractivity contribution is 7.78. The van der Waals surface area contributed by atoms with Crippen molar-refractivity contribution >= 4 is 29.0 Å². The van der Waals surface area contributed by atoms with Crippen LogP contribution in [-0.4, -0.2) is 51.7 Å². The van der Waals surface area contributed by atoms with Crippen LogP contribution in [0.5, 0.6) is 0 Å². The summed E-state index contributed by atoms with van der Waals surface area (Å²) in [5, 5.41) is 0. The number of hydrogen-bond donors (Lipinski definition) is 1. The quantitative estimate of drug-likeness (QED) is 0.745. The number of rotatable bonds is 5. The third kappa shape index (κ3) is 5.04. The zero-order valence-electron chi connectivity index (χ0n) is 16.6. The summed E-state index contributed by atoms with van der Waals surface area (Å²) in [6, 6.07) is 15.2. The summed E-state index contributed by atoms with van der Waals surface area (Å²) in [5.74, 6) is 0.806. The first-order chi connectivity index (χ1) is 14.6. The van der Waals surface area contributed by atoms with E-state index in [9.17, 15) is 9.00 Å². The van der Waals surface area contributed by atoms with Crippen molar-refractivity contribution in [3.8, 4) is 0 Å². The molecule has 2 aromatic rings. The van der Waals surface area contributed by atoms with Crippen LogP contribution in [0.15, 0.2) is 59.1 Å².